The number of ether oxygens (including phenoxy) is 1. The number of imidazole rings is 1. The van der Waals surface area contributed by atoms with Crippen LogP contribution >= 0.6 is 0 Å². The highest BCUT2D eigenvalue weighted by atomic mass is 19.1. The summed E-state index contributed by atoms with van der Waals surface area (Å²) >= 11 is 0. The number of hydrogen-bond acceptors (Lipinski definition) is 5. The molecule has 3 unspecified atom stereocenters. The number of anilines is 1. The van der Waals surface area contributed by atoms with Crippen molar-refractivity contribution < 1.29 is 33.3 Å². The van der Waals surface area contributed by atoms with E-state index in [0.717, 1.165) is 23.8 Å². The second-order valence-electron chi connectivity index (χ2n) is 9.92. The Balaban J connectivity index is 1.71. The van der Waals surface area contributed by atoms with Gasteiger partial charge in [-0.1, -0.05) is 6.42 Å². The van der Waals surface area contributed by atoms with Crippen LogP contribution in [0.15, 0.2) is 30.3 Å². The van der Waals surface area contributed by atoms with Crippen LogP contribution in [0.3, 0.4) is 0 Å². The van der Waals surface area contributed by atoms with Crippen LogP contribution in [0, 0.1) is 17.6 Å². The molecular formula is C27H29F2N3O5. The van der Waals surface area contributed by atoms with Gasteiger partial charge in [-0.15, -0.1) is 0 Å². The average Bonchev–Trinajstić information content (AvgIpc) is 3.29. The van der Waals surface area contributed by atoms with Crippen molar-refractivity contribution >= 4 is 28.8 Å². The number of aliphatic hydroxyl groups excluding tert-OH is 1. The van der Waals surface area contributed by atoms with Gasteiger partial charge in [-0.25, -0.2) is 18.6 Å². The minimum Gasteiger partial charge on any atom is -0.481 e. The van der Waals surface area contributed by atoms with Gasteiger partial charge >= 0.3 is 12.1 Å². The van der Waals surface area contributed by atoms with E-state index in [0.29, 0.717) is 55.2 Å². The molecule has 0 saturated heterocycles. The molecule has 8 nitrogen and oxygen atoms in total. The molecule has 0 radical (unpaired) electrons. The van der Waals surface area contributed by atoms with E-state index >= 15 is 0 Å². The second-order valence-corrected chi connectivity index (χ2v) is 9.92. The van der Waals surface area contributed by atoms with Crippen LogP contribution in [0.2, 0.25) is 0 Å². The van der Waals surface area contributed by atoms with Gasteiger partial charge in [-0.2, -0.15) is 0 Å². The third-order valence-electron chi connectivity index (χ3n) is 7.71. The predicted octanol–water partition coefficient (Wildman–Crippen LogP) is 5.12. The monoisotopic (exact) mass is 513 g/mol. The van der Waals surface area contributed by atoms with E-state index in [9.17, 15) is 28.6 Å². The van der Waals surface area contributed by atoms with E-state index in [-0.39, 0.29) is 23.5 Å². The van der Waals surface area contributed by atoms with Gasteiger partial charge in [0.1, 0.15) is 23.6 Å². The molecule has 5 rings (SSSR count). The van der Waals surface area contributed by atoms with Crippen LogP contribution < -0.4 is 4.90 Å². The molecule has 4 atom stereocenters. The number of fused-ring (bicyclic) bond motifs is 3. The first-order chi connectivity index (χ1) is 17.7. The fourth-order valence-electron chi connectivity index (χ4n) is 5.86. The summed E-state index contributed by atoms with van der Waals surface area (Å²) in [5, 5.41) is 21.0. The first-order valence-corrected chi connectivity index (χ1v) is 12.5. The molecule has 37 heavy (non-hydrogen) atoms. The van der Waals surface area contributed by atoms with Gasteiger partial charge in [0.2, 0.25) is 0 Å². The summed E-state index contributed by atoms with van der Waals surface area (Å²) in [5.41, 5.74) is 2.38. The number of rotatable bonds is 4. The van der Waals surface area contributed by atoms with Gasteiger partial charge in [0.05, 0.1) is 29.7 Å². The van der Waals surface area contributed by atoms with Crippen molar-refractivity contribution in [3.05, 3.63) is 58.9 Å². The first-order valence-electron chi connectivity index (χ1n) is 12.5. The lowest BCUT2D eigenvalue weighted by molar-refractivity contribution is -0.143. The maximum atomic E-state index is 14.7. The largest absolute Gasteiger partial charge is 0.481 e. The number of aryl methyl sites for hydroxylation is 1. The Labute approximate surface area is 212 Å². The lowest BCUT2D eigenvalue weighted by Crippen LogP contribution is -2.42. The number of carboxylic acids is 1. The van der Waals surface area contributed by atoms with E-state index in [4.69, 9.17) is 9.72 Å². The zero-order chi connectivity index (χ0) is 26.4. The number of amides is 1. The number of carbonyl (C=O) groups excluding carboxylic acids is 1. The molecule has 2 N–H and O–H groups in total. The molecule has 2 aliphatic rings. The van der Waals surface area contributed by atoms with Gasteiger partial charge in [0.15, 0.2) is 0 Å². The summed E-state index contributed by atoms with van der Waals surface area (Å²) in [5.74, 6) is -2.78. The van der Waals surface area contributed by atoms with Crippen molar-refractivity contribution in [3.63, 3.8) is 0 Å². The maximum absolute atomic E-state index is 14.7. The van der Waals surface area contributed by atoms with E-state index < -0.39 is 35.7 Å². The molecular weight excluding hydrogens is 484 g/mol. The highest BCUT2D eigenvalue weighted by Crippen LogP contribution is 2.42. The molecule has 2 aromatic carbocycles. The van der Waals surface area contributed by atoms with E-state index in [1.165, 1.54) is 7.11 Å². The Morgan fingerprint density at radius 1 is 1.16 bits per heavy atom. The minimum atomic E-state index is -1.58. The van der Waals surface area contributed by atoms with Gasteiger partial charge in [-0.05, 0) is 69.4 Å². The fraction of sp³-hybridized carbons (Fsp3) is 0.444. The fourth-order valence-corrected chi connectivity index (χ4v) is 5.86. The molecule has 196 valence electrons. The van der Waals surface area contributed by atoms with Crippen LogP contribution in [0.4, 0.5) is 19.3 Å². The molecule has 1 amide bonds. The SMILES string of the molecule is COC(=O)N1c2ccc3c(nc(C(O)c4cc(F)ccc4F)n3C3CCCC(C(=O)O)C3)c2CC[C@@H]1C. The summed E-state index contributed by atoms with van der Waals surface area (Å²) in [6.07, 6.45) is 1.41. The van der Waals surface area contributed by atoms with Crippen LogP contribution in [0.5, 0.6) is 0 Å². The maximum Gasteiger partial charge on any atom is 0.414 e. The highest BCUT2D eigenvalue weighted by Gasteiger charge is 2.36. The molecule has 1 aromatic heterocycles. The van der Waals surface area contributed by atoms with Gasteiger partial charge < -0.3 is 19.5 Å². The molecule has 2 heterocycles. The number of aromatic nitrogens is 2. The number of halogens is 2. The Hall–Kier alpha value is -3.53. The number of benzene rings is 2. The quantitative estimate of drug-likeness (QED) is 0.502. The smallest absolute Gasteiger partial charge is 0.414 e. The van der Waals surface area contributed by atoms with E-state index in [2.05, 4.69) is 0 Å². The van der Waals surface area contributed by atoms with Gasteiger partial charge in [0, 0.05) is 23.2 Å². The van der Waals surface area contributed by atoms with Crippen LogP contribution in [0.1, 0.15) is 68.1 Å². The first kappa shape index (κ1) is 25.1. The third-order valence-corrected chi connectivity index (χ3v) is 7.71. The Morgan fingerprint density at radius 2 is 1.95 bits per heavy atom. The van der Waals surface area contributed by atoms with Crippen LogP contribution in [-0.4, -0.2) is 45.0 Å². The second kappa shape index (κ2) is 9.74. The zero-order valence-corrected chi connectivity index (χ0v) is 20.7. The average molecular weight is 514 g/mol. The summed E-state index contributed by atoms with van der Waals surface area (Å²) in [4.78, 5) is 30.7. The summed E-state index contributed by atoms with van der Waals surface area (Å²) in [6, 6.07) is 6.07. The minimum absolute atomic E-state index is 0.0967. The summed E-state index contributed by atoms with van der Waals surface area (Å²) in [6.45, 7) is 1.93. The van der Waals surface area contributed by atoms with Crippen molar-refractivity contribution in [2.24, 2.45) is 5.92 Å². The zero-order valence-electron chi connectivity index (χ0n) is 20.7. The molecule has 0 spiro atoms. The standard InChI is InChI=1S/C27H29F2N3O5/c1-14-6-8-18-21(31(14)27(36)37-2)10-11-22-23(18)30-25(24(33)19-13-16(28)7-9-20(19)29)32(22)17-5-3-4-15(12-17)26(34)35/h7,9-11,13-15,17,24,33H,3-6,8,12H2,1-2H3,(H,34,35)/t14-,15?,17?,24?/m0/s1. The summed E-state index contributed by atoms with van der Waals surface area (Å²) in [7, 11) is 1.32. The molecule has 1 aliphatic carbocycles. The van der Waals surface area contributed by atoms with Crippen molar-refractivity contribution in [2.45, 2.75) is 63.6 Å². The number of hydrogen-bond donors (Lipinski definition) is 2. The van der Waals surface area contributed by atoms with Gasteiger partial charge in [-0.3, -0.25) is 9.69 Å². The van der Waals surface area contributed by atoms with Crippen LogP contribution in [-0.2, 0) is 16.0 Å². The number of carbonyl (C=O) groups is 2. The molecule has 1 saturated carbocycles. The highest BCUT2D eigenvalue weighted by molar-refractivity contribution is 5.95. The molecule has 1 fully saturated rings. The van der Waals surface area contributed by atoms with Crippen molar-refractivity contribution in [2.75, 3.05) is 12.0 Å². The predicted molar refractivity (Wildman–Crippen MR) is 131 cm³/mol. The van der Waals surface area contributed by atoms with Crippen molar-refractivity contribution in [3.8, 4) is 0 Å². The Bertz CT molecular complexity index is 1370. The summed E-state index contributed by atoms with van der Waals surface area (Å²) < 4.78 is 35.5. The molecule has 1 aliphatic heterocycles. The van der Waals surface area contributed by atoms with E-state index in [1.807, 2.05) is 6.92 Å². The topological polar surface area (TPSA) is 105 Å². The molecule has 10 heteroatoms. The normalized spacial score (nSPS) is 22.5. The van der Waals surface area contributed by atoms with Crippen molar-refractivity contribution in [1.82, 2.24) is 9.55 Å². The number of nitrogens with zero attached hydrogens (tertiary/aromatic N) is 3. The number of carboxylic acid groups (broad SMARTS) is 1. The van der Waals surface area contributed by atoms with Crippen molar-refractivity contribution in [1.29, 1.82) is 0 Å². The lowest BCUT2D eigenvalue weighted by atomic mass is 9.85. The Morgan fingerprint density at radius 3 is 2.68 bits per heavy atom. The van der Waals surface area contributed by atoms with Gasteiger partial charge in [0.25, 0.3) is 0 Å². The lowest BCUT2D eigenvalue weighted by Gasteiger charge is -2.34. The Kier molecular flexibility index (Phi) is 6.61. The number of aliphatic carboxylic acids is 1. The van der Waals surface area contributed by atoms with Crippen LogP contribution in [0.25, 0.3) is 11.0 Å². The third kappa shape index (κ3) is 4.33. The number of aliphatic hydroxyl groups is 1. The number of methoxy groups -OCH3 is 1. The molecule has 3 aromatic rings. The molecule has 0 bridgehead atoms. The van der Waals surface area contributed by atoms with E-state index in [1.54, 1.807) is 21.6 Å².